The lowest BCUT2D eigenvalue weighted by Crippen LogP contribution is -2.43. The molecule has 0 aromatic heterocycles. The minimum absolute atomic E-state index is 0.312. The van der Waals surface area contributed by atoms with Crippen molar-refractivity contribution in [3.8, 4) is 6.07 Å². The van der Waals surface area contributed by atoms with Gasteiger partial charge in [-0.1, -0.05) is 26.2 Å². The van der Waals surface area contributed by atoms with E-state index in [4.69, 9.17) is 0 Å². The summed E-state index contributed by atoms with van der Waals surface area (Å²) in [5, 5.41) is 9.46. The van der Waals surface area contributed by atoms with E-state index < -0.39 is 0 Å². The molecule has 0 spiro atoms. The van der Waals surface area contributed by atoms with E-state index in [9.17, 15) is 5.26 Å². The molecule has 1 saturated heterocycles. The van der Waals surface area contributed by atoms with Crippen LogP contribution < -0.4 is 0 Å². The van der Waals surface area contributed by atoms with Crippen LogP contribution in [0.3, 0.4) is 0 Å². The van der Waals surface area contributed by atoms with Gasteiger partial charge in [-0.25, -0.2) is 0 Å². The first-order valence-electron chi connectivity index (χ1n) is 8.45. The molecule has 0 amide bonds. The van der Waals surface area contributed by atoms with Crippen LogP contribution in [0, 0.1) is 35.0 Å². The molecular weight excluding hydrogens is 232 g/mol. The normalized spacial score (nSPS) is 43.1. The van der Waals surface area contributed by atoms with Crippen LogP contribution in [0.1, 0.15) is 58.3 Å². The topological polar surface area (TPSA) is 27.0 Å². The first kappa shape index (κ1) is 13.4. The molecule has 5 unspecified atom stereocenters. The van der Waals surface area contributed by atoms with Crippen LogP contribution in [0.15, 0.2) is 0 Å². The number of fused-ring (bicyclic) bond motifs is 1. The number of hydrogen-bond acceptors (Lipinski definition) is 2. The molecule has 3 aliphatic rings. The summed E-state index contributed by atoms with van der Waals surface area (Å²) in [6.45, 7) is 4.89. The summed E-state index contributed by atoms with van der Waals surface area (Å²) >= 11 is 0. The highest BCUT2D eigenvalue weighted by molar-refractivity contribution is 5.01. The van der Waals surface area contributed by atoms with Gasteiger partial charge in [-0.15, -0.1) is 0 Å². The molecule has 2 heteroatoms. The fraction of sp³-hybridized carbons (Fsp3) is 0.941. The molecule has 19 heavy (non-hydrogen) atoms. The van der Waals surface area contributed by atoms with Crippen molar-refractivity contribution in [1.82, 2.24) is 4.90 Å². The van der Waals surface area contributed by atoms with E-state index in [0.29, 0.717) is 12.0 Å². The van der Waals surface area contributed by atoms with Gasteiger partial charge in [0.05, 0.1) is 12.0 Å². The third-order valence-electron chi connectivity index (χ3n) is 6.01. The SMILES string of the molecule is CCCC1CCC(C#N)C(N2CC3CCCC3C2)C1. The van der Waals surface area contributed by atoms with Gasteiger partial charge >= 0.3 is 0 Å². The van der Waals surface area contributed by atoms with Crippen molar-refractivity contribution in [2.75, 3.05) is 13.1 Å². The molecule has 2 aliphatic carbocycles. The number of nitrogens with zero attached hydrogens (tertiary/aromatic N) is 2. The van der Waals surface area contributed by atoms with Gasteiger partial charge in [0.1, 0.15) is 0 Å². The van der Waals surface area contributed by atoms with Crippen molar-refractivity contribution in [1.29, 1.82) is 5.26 Å². The third-order valence-corrected chi connectivity index (χ3v) is 6.01. The fourth-order valence-electron chi connectivity index (χ4n) is 5.00. The van der Waals surface area contributed by atoms with Crippen LogP contribution in [-0.4, -0.2) is 24.0 Å². The molecule has 0 aromatic rings. The molecule has 0 bridgehead atoms. The Hall–Kier alpha value is -0.550. The monoisotopic (exact) mass is 260 g/mol. The Morgan fingerprint density at radius 1 is 1.11 bits per heavy atom. The van der Waals surface area contributed by atoms with Gasteiger partial charge in [-0.2, -0.15) is 5.26 Å². The molecule has 2 nitrogen and oxygen atoms in total. The Morgan fingerprint density at radius 2 is 1.84 bits per heavy atom. The lowest BCUT2D eigenvalue weighted by Gasteiger charge is -2.39. The van der Waals surface area contributed by atoms with Crippen LogP contribution in [0.5, 0.6) is 0 Å². The number of nitriles is 1. The predicted octanol–water partition coefficient (Wildman–Crippen LogP) is 3.83. The van der Waals surface area contributed by atoms with E-state index in [-0.39, 0.29) is 0 Å². The largest absolute Gasteiger partial charge is 0.298 e. The smallest absolute Gasteiger partial charge is 0.0672 e. The average Bonchev–Trinajstić information content (AvgIpc) is 2.99. The molecule has 3 rings (SSSR count). The van der Waals surface area contributed by atoms with Gasteiger partial charge < -0.3 is 0 Å². The second-order valence-corrected chi connectivity index (χ2v) is 7.18. The highest BCUT2D eigenvalue weighted by atomic mass is 15.2. The molecular formula is C17H28N2. The van der Waals surface area contributed by atoms with Crippen molar-refractivity contribution >= 4 is 0 Å². The zero-order chi connectivity index (χ0) is 13.2. The summed E-state index contributed by atoms with van der Waals surface area (Å²) in [6.07, 6.45) is 10.8. The molecule has 1 aliphatic heterocycles. The lowest BCUT2D eigenvalue weighted by atomic mass is 9.76. The Morgan fingerprint density at radius 3 is 2.47 bits per heavy atom. The first-order chi connectivity index (χ1) is 9.31. The second kappa shape index (κ2) is 5.83. The van der Waals surface area contributed by atoms with Crippen LogP contribution in [-0.2, 0) is 0 Å². The van der Waals surface area contributed by atoms with Crippen LogP contribution in [0.4, 0.5) is 0 Å². The Kier molecular flexibility index (Phi) is 4.12. The molecule has 0 radical (unpaired) electrons. The van der Waals surface area contributed by atoms with E-state index in [1.807, 2.05) is 0 Å². The Labute approximate surface area is 118 Å². The summed E-state index contributed by atoms with van der Waals surface area (Å²) in [6, 6.07) is 3.20. The van der Waals surface area contributed by atoms with Crippen molar-refractivity contribution in [2.24, 2.45) is 23.7 Å². The van der Waals surface area contributed by atoms with Gasteiger partial charge in [0.15, 0.2) is 0 Å². The number of rotatable bonds is 3. The molecule has 0 N–H and O–H groups in total. The van der Waals surface area contributed by atoms with Crippen molar-refractivity contribution in [2.45, 2.75) is 64.3 Å². The van der Waals surface area contributed by atoms with Crippen molar-refractivity contribution in [3.05, 3.63) is 0 Å². The fourth-order valence-corrected chi connectivity index (χ4v) is 5.00. The van der Waals surface area contributed by atoms with Gasteiger partial charge in [-0.05, 0) is 49.9 Å². The summed E-state index contributed by atoms with van der Waals surface area (Å²) in [5.74, 6) is 3.13. The third kappa shape index (κ3) is 2.68. The summed E-state index contributed by atoms with van der Waals surface area (Å²) < 4.78 is 0. The van der Waals surface area contributed by atoms with E-state index in [2.05, 4.69) is 17.9 Å². The zero-order valence-electron chi connectivity index (χ0n) is 12.4. The number of hydrogen-bond donors (Lipinski definition) is 0. The van der Waals surface area contributed by atoms with Crippen molar-refractivity contribution in [3.63, 3.8) is 0 Å². The van der Waals surface area contributed by atoms with Gasteiger partial charge in [0, 0.05) is 19.1 Å². The first-order valence-corrected chi connectivity index (χ1v) is 8.45. The molecule has 3 fully saturated rings. The maximum Gasteiger partial charge on any atom is 0.0672 e. The maximum absolute atomic E-state index is 9.46. The second-order valence-electron chi connectivity index (χ2n) is 7.18. The summed E-state index contributed by atoms with van der Waals surface area (Å²) in [7, 11) is 0. The minimum Gasteiger partial charge on any atom is -0.298 e. The van der Waals surface area contributed by atoms with E-state index in [1.54, 1.807) is 0 Å². The van der Waals surface area contributed by atoms with Gasteiger partial charge in [-0.3, -0.25) is 4.90 Å². The maximum atomic E-state index is 9.46. The predicted molar refractivity (Wildman–Crippen MR) is 77.5 cm³/mol. The quantitative estimate of drug-likeness (QED) is 0.771. The highest BCUT2D eigenvalue weighted by Gasteiger charge is 2.42. The van der Waals surface area contributed by atoms with E-state index in [0.717, 1.165) is 24.2 Å². The minimum atomic E-state index is 0.312. The van der Waals surface area contributed by atoms with Crippen LogP contribution in [0.25, 0.3) is 0 Å². The molecule has 5 atom stereocenters. The van der Waals surface area contributed by atoms with E-state index >= 15 is 0 Å². The van der Waals surface area contributed by atoms with Gasteiger partial charge in [0.25, 0.3) is 0 Å². The van der Waals surface area contributed by atoms with Crippen LogP contribution >= 0.6 is 0 Å². The van der Waals surface area contributed by atoms with E-state index in [1.165, 1.54) is 58.0 Å². The summed E-state index contributed by atoms with van der Waals surface area (Å²) in [5.41, 5.74) is 0. The summed E-state index contributed by atoms with van der Waals surface area (Å²) in [4.78, 5) is 2.71. The molecule has 2 saturated carbocycles. The highest BCUT2D eigenvalue weighted by Crippen LogP contribution is 2.42. The zero-order valence-corrected chi connectivity index (χ0v) is 12.4. The number of likely N-dealkylation sites (tertiary alicyclic amines) is 1. The Balaban J connectivity index is 1.65. The van der Waals surface area contributed by atoms with Crippen molar-refractivity contribution < 1.29 is 0 Å². The van der Waals surface area contributed by atoms with Gasteiger partial charge in [0.2, 0.25) is 0 Å². The lowest BCUT2D eigenvalue weighted by molar-refractivity contribution is 0.112. The molecule has 1 heterocycles. The standard InChI is InChI=1S/C17H28N2/c1-2-4-13-7-8-14(10-18)17(9-13)19-11-15-5-3-6-16(15)12-19/h13-17H,2-9,11-12H2,1H3. The average molecular weight is 260 g/mol. The molecule has 106 valence electrons. The van der Waals surface area contributed by atoms with Crippen LogP contribution in [0.2, 0.25) is 0 Å². The Bertz CT molecular complexity index is 334. The molecule has 0 aromatic carbocycles.